The molecule has 1 rings (SSSR count). The van der Waals surface area contributed by atoms with Crippen molar-refractivity contribution in [2.75, 3.05) is 0 Å². The van der Waals surface area contributed by atoms with E-state index in [1.807, 2.05) is 19.1 Å². The lowest BCUT2D eigenvalue weighted by Crippen LogP contribution is -2.34. The van der Waals surface area contributed by atoms with Crippen molar-refractivity contribution in [2.24, 2.45) is 0 Å². The number of rotatable bonds is 6. The van der Waals surface area contributed by atoms with Crippen molar-refractivity contribution in [1.29, 1.82) is 0 Å². The fourth-order valence-electron chi connectivity index (χ4n) is 1.42. The average Bonchev–Trinajstić information content (AvgIpc) is 2.72. The van der Waals surface area contributed by atoms with Crippen LogP contribution in [0.5, 0.6) is 0 Å². The first kappa shape index (κ1) is 15.4. The predicted octanol–water partition coefficient (Wildman–Crippen LogP) is 3.21. The molecule has 2 unspecified atom stereocenters. The minimum absolute atomic E-state index is 0.0759. The molecular weight excluding hydrogens is 246 g/mol. The first-order valence-corrected chi connectivity index (χ1v) is 7.90. The second-order valence-corrected chi connectivity index (χ2v) is 7.57. The zero-order chi connectivity index (χ0) is 13.8. The summed E-state index contributed by atoms with van der Waals surface area (Å²) in [4.78, 5) is 0. The number of hydrogen-bond acceptors (Lipinski definition) is 3. The van der Waals surface area contributed by atoms with Crippen LogP contribution in [0.2, 0.25) is 0 Å². The van der Waals surface area contributed by atoms with Gasteiger partial charge in [0, 0.05) is 21.6 Å². The molecule has 0 saturated carbocycles. The van der Waals surface area contributed by atoms with Crippen molar-refractivity contribution in [3.8, 4) is 0 Å². The van der Waals surface area contributed by atoms with Crippen LogP contribution < -0.4 is 5.32 Å². The Morgan fingerprint density at radius 3 is 2.50 bits per heavy atom. The van der Waals surface area contributed by atoms with Gasteiger partial charge in [0.1, 0.15) is 11.5 Å². The van der Waals surface area contributed by atoms with E-state index >= 15 is 0 Å². The molecule has 0 aliphatic carbocycles. The molecule has 0 radical (unpaired) electrons. The van der Waals surface area contributed by atoms with Gasteiger partial charge in [-0.05, 0) is 39.3 Å². The topological polar surface area (TPSA) is 42.2 Å². The van der Waals surface area contributed by atoms with Crippen LogP contribution >= 0.6 is 0 Å². The van der Waals surface area contributed by atoms with Crippen LogP contribution in [0, 0.1) is 0 Å². The van der Waals surface area contributed by atoms with Gasteiger partial charge >= 0.3 is 0 Å². The highest BCUT2D eigenvalue weighted by atomic mass is 32.2. The maximum Gasteiger partial charge on any atom is 0.118 e. The number of nitrogens with one attached hydrogen (secondary N) is 1. The van der Waals surface area contributed by atoms with Crippen LogP contribution in [0.1, 0.15) is 52.6 Å². The minimum Gasteiger partial charge on any atom is -0.464 e. The molecular formula is C14H25NO2S. The molecule has 0 aliphatic heterocycles. The Hall–Kier alpha value is -0.610. The maximum atomic E-state index is 11.9. The lowest BCUT2D eigenvalue weighted by molar-refractivity contribution is 0.382. The predicted molar refractivity (Wildman–Crippen MR) is 76.9 cm³/mol. The van der Waals surface area contributed by atoms with Gasteiger partial charge in [0.05, 0.1) is 12.3 Å². The maximum absolute atomic E-state index is 11.9. The summed E-state index contributed by atoms with van der Waals surface area (Å²) < 4.78 is 17.6. The Balaban J connectivity index is 2.51. The molecule has 0 amide bonds. The molecule has 0 bridgehead atoms. The van der Waals surface area contributed by atoms with E-state index in [9.17, 15) is 4.21 Å². The van der Waals surface area contributed by atoms with E-state index in [2.05, 4.69) is 33.0 Å². The van der Waals surface area contributed by atoms with Gasteiger partial charge in [0.15, 0.2) is 0 Å². The third-order valence-corrected chi connectivity index (χ3v) is 4.62. The van der Waals surface area contributed by atoms with Gasteiger partial charge in [0.2, 0.25) is 0 Å². The van der Waals surface area contributed by atoms with Crippen LogP contribution in [0.25, 0.3) is 0 Å². The molecule has 18 heavy (non-hydrogen) atoms. The van der Waals surface area contributed by atoms with Crippen LogP contribution in [0.15, 0.2) is 16.5 Å². The minimum atomic E-state index is -0.838. The highest BCUT2D eigenvalue weighted by Gasteiger charge is 2.13. The van der Waals surface area contributed by atoms with E-state index in [0.29, 0.717) is 12.3 Å². The number of hydrogen-bond donors (Lipinski definition) is 1. The second kappa shape index (κ2) is 6.53. The number of furan rings is 1. The molecule has 1 aromatic rings. The van der Waals surface area contributed by atoms with Crippen molar-refractivity contribution in [3.63, 3.8) is 0 Å². The summed E-state index contributed by atoms with van der Waals surface area (Å²) in [6, 6.07) is 3.89. The average molecular weight is 271 g/mol. The highest BCUT2D eigenvalue weighted by molar-refractivity contribution is 7.84. The SMILES string of the molecule is CCC(C)S(=O)Cc1ccc(CNC(C)(C)C)o1. The quantitative estimate of drug-likeness (QED) is 0.864. The van der Waals surface area contributed by atoms with Gasteiger partial charge < -0.3 is 9.73 Å². The standard InChI is InChI=1S/C14H25NO2S/c1-6-11(2)18(16)10-13-8-7-12(17-13)9-15-14(3,4)5/h7-8,11,15H,6,9-10H2,1-5H3. The van der Waals surface area contributed by atoms with Gasteiger partial charge in [-0.25, -0.2) is 0 Å². The van der Waals surface area contributed by atoms with Crippen molar-refractivity contribution in [2.45, 2.75) is 64.1 Å². The Kier molecular flexibility index (Phi) is 5.60. The van der Waals surface area contributed by atoms with Crippen LogP contribution in [0.4, 0.5) is 0 Å². The van der Waals surface area contributed by atoms with Crippen LogP contribution in [-0.2, 0) is 23.1 Å². The molecule has 4 heteroatoms. The summed E-state index contributed by atoms with van der Waals surface area (Å²) in [6.07, 6.45) is 0.936. The highest BCUT2D eigenvalue weighted by Crippen LogP contribution is 2.14. The third-order valence-electron chi connectivity index (χ3n) is 2.82. The van der Waals surface area contributed by atoms with Gasteiger partial charge in [-0.15, -0.1) is 0 Å². The van der Waals surface area contributed by atoms with Gasteiger partial charge in [-0.2, -0.15) is 0 Å². The van der Waals surface area contributed by atoms with E-state index in [4.69, 9.17) is 4.42 Å². The van der Waals surface area contributed by atoms with Gasteiger partial charge in [-0.1, -0.05) is 13.8 Å². The van der Waals surface area contributed by atoms with Crippen molar-refractivity contribution >= 4 is 10.8 Å². The lowest BCUT2D eigenvalue weighted by atomic mass is 10.1. The normalized spacial score (nSPS) is 15.6. The molecule has 2 atom stereocenters. The Labute approximate surface area is 113 Å². The summed E-state index contributed by atoms with van der Waals surface area (Å²) in [6.45, 7) is 11.1. The molecule has 0 spiro atoms. The van der Waals surface area contributed by atoms with Crippen molar-refractivity contribution < 1.29 is 8.63 Å². The van der Waals surface area contributed by atoms with Crippen LogP contribution in [0.3, 0.4) is 0 Å². The summed E-state index contributed by atoms with van der Waals surface area (Å²) in [7, 11) is -0.838. The monoisotopic (exact) mass is 271 g/mol. The zero-order valence-electron chi connectivity index (χ0n) is 12.1. The van der Waals surface area contributed by atoms with E-state index in [1.165, 1.54) is 0 Å². The fraction of sp³-hybridized carbons (Fsp3) is 0.714. The van der Waals surface area contributed by atoms with Gasteiger partial charge in [0.25, 0.3) is 0 Å². The Morgan fingerprint density at radius 1 is 1.33 bits per heavy atom. The van der Waals surface area contributed by atoms with E-state index in [1.54, 1.807) is 0 Å². The Bertz CT molecular complexity index is 393. The smallest absolute Gasteiger partial charge is 0.118 e. The third kappa shape index (κ3) is 5.36. The second-order valence-electron chi connectivity index (χ2n) is 5.72. The van der Waals surface area contributed by atoms with E-state index in [0.717, 1.165) is 17.9 Å². The van der Waals surface area contributed by atoms with Crippen molar-refractivity contribution in [3.05, 3.63) is 23.7 Å². The van der Waals surface area contributed by atoms with Gasteiger partial charge in [-0.3, -0.25) is 4.21 Å². The molecule has 1 N–H and O–H groups in total. The molecule has 104 valence electrons. The molecule has 0 saturated heterocycles. The zero-order valence-corrected chi connectivity index (χ0v) is 12.9. The summed E-state index contributed by atoms with van der Waals surface area (Å²) in [5.41, 5.74) is 0.0759. The Morgan fingerprint density at radius 2 is 1.94 bits per heavy atom. The largest absolute Gasteiger partial charge is 0.464 e. The molecule has 0 fully saturated rings. The lowest BCUT2D eigenvalue weighted by Gasteiger charge is -2.19. The molecule has 0 aromatic carbocycles. The molecule has 1 aromatic heterocycles. The first-order chi connectivity index (χ1) is 8.31. The fourth-order valence-corrected chi connectivity index (χ4v) is 2.51. The first-order valence-electron chi connectivity index (χ1n) is 6.51. The molecule has 3 nitrogen and oxygen atoms in total. The summed E-state index contributed by atoms with van der Waals surface area (Å²) >= 11 is 0. The van der Waals surface area contributed by atoms with E-state index in [-0.39, 0.29) is 10.8 Å². The molecule has 1 heterocycles. The summed E-state index contributed by atoms with van der Waals surface area (Å²) in [5.74, 6) is 2.24. The van der Waals surface area contributed by atoms with Crippen molar-refractivity contribution in [1.82, 2.24) is 5.32 Å². The van der Waals surface area contributed by atoms with Crippen LogP contribution in [-0.4, -0.2) is 15.0 Å². The van der Waals surface area contributed by atoms with E-state index < -0.39 is 10.8 Å². The summed E-state index contributed by atoms with van der Waals surface area (Å²) in [5, 5.41) is 3.60. The molecule has 0 aliphatic rings.